The van der Waals surface area contributed by atoms with E-state index >= 15 is 0 Å². The second-order valence-electron chi connectivity index (χ2n) is 1.33. The molecule has 0 aromatic rings. The Balaban J connectivity index is 2.75. The SMILES string of the molecule is [CH2]CC([SiH3])OC. The first-order chi connectivity index (χ1) is 2.81. The van der Waals surface area contributed by atoms with Crippen LogP contribution in [-0.4, -0.2) is 23.1 Å². The second kappa shape index (κ2) is 3.37. The summed E-state index contributed by atoms with van der Waals surface area (Å²) in [4.78, 5) is 0. The van der Waals surface area contributed by atoms with E-state index in [1.54, 1.807) is 7.11 Å². The van der Waals surface area contributed by atoms with Crippen LogP contribution in [0.2, 0.25) is 0 Å². The monoisotopic (exact) mass is 103 g/mol. The maximum atomic E-state index is 4.90. The average Bonchev–Trinajstić information content (AvgIpc) is 1.65. The summed E-state index contributed by atoms with van der Waals surface area (Å²) in [7, 11) is 2.83. The second-order valence-corrected chi connectivity index (χ2v) is 2.62. The van der Waals surface area contributed by atoms with Gasteiger partial charge in [0.2, 0.25) is 0 Å². The normalized spacial score (nSPS) is 15.0. The minimum atomic E-state index is 0.463. The molecule has 37 valence electrons. The Morgan fingerprint density at radius 2 is 2.50 bits per heavy atom. The Bertz CT molecular complexity index is 26.7. The molecule has 1 atom stereocenters. The molecular formula is C4H11OSi. The smallest absolute Gasteiger partial charge is 0.0392 e. The molecule has 0 fully saturated rings. The first-order valence-electron chi connectivity index (χ1n) is 2.13. The average molecular weight is 103 g/mol. The van der Waals surface area contributed by atoms with Crippen LogP contribution >= 0.6 is 0 Å². The van der Waals surface area contributed by atoms with E-state index in [-0.39, 0.29) is 0 Å². The Labute approximate surface area is 42.1 Å². The minimum Gasteiger partial charge on any atom is -0.386 e. The van der Waals surface area contributed by atoms with Gasteiger partial charge in [0.25, 0.3) is 0 Å². The van der Waals surface area contributed by atoms with Crippen LogP contribution in [0.25, 0.3) is 0 Å². The van der Waals surface area contributed by atoms with E-state index in [0.717, 1.165) is 16.7 Å². The summed E-state index contributed by atoms with van der Waals surface area (Å²) in [5, 5.41) is 0. The van der Waals surface area contributed by atoms with Crippen molar-refractivity contribution >= 4 is 10.2 Å². The molecule has 0 aromatic carbocycles. The summed E-state index contributed by atoms with van der Waals surface area (Å²) in [6.45, 7) is 3.67. The summed E-state index contributed by atoms with van der Waals surface area (Å²) >= 11 is 0. The van der Waals surface area contributed by atoms with E-state index in [1.807, 2.05) is 0 Å². The number of hydrogen-bond donors (Lipinski definition) is 0. The summed E-state index contributed by atoms with van der Waals surface area (Å²) in [5.74, 6) is 0. The third-order valence-corrected chi connectivity index (χ3v) is 1.86. The molecule has 1 nitrogen and oxygen atoms in total. The Hall–Kier alpha value is 0.177. The van der Waals surface area contributed by atoms with Gasteiger partial charge < -0.3 is 4.74 Å². The third kappa shape index (κ3) is 2.42. The largest absolute Gasteiger partial charge is 0.386 e. The molecule has 0 saturated carbocycles. The van der Waals surface area contributed by atoms with Gasteiger partial charge in [-0.2, -0.15) is 0 Å². The van der Waals surface area contributed by atoms with Gasteiger partial charge in [-0.25, -0.2) is 0 Å². The number of ether oxygens (including phenoxy) is 1. The van der Waals surface area contributed by atoms with Gasteiger partial charge in [0.1, 0.15) is 0 Å². The van der Waals surface area contributed by atoms with Gasteiger partial charge in [0.05, 0.1) is 0 Å². The summed E-state index contributed by atoms with van der Waals surface area (Å²) in [5.41, 5.74) is 0.463. The molecule has 0 aliphatic heterocycles. The molecule has 0 saturated heterocycles. The molecule has 0 heterocycles. The standard InChI is InChI=1S/C4H11OSi/c1-3-4(6)5-2/h4H,1,3H2,2,6H3. The molecule has 0 aliphatic carbocycles. The molecule has 1 unspecified atom stereocenters. The fraction of sp³-hybridized carbons (Fsp3) is 0.750. The van der Waals surface area contributed by atoms with E-state index in [1.165, 1.54) is 0 Å². The highest BCUT2D eigenvalue weighted by atomic mass is 28.1. The van der Waals surface area contributed by atoms with Crippen molar-refractivity contribution < 1.29 is 4.74 Å². The van der Waals surface area contributed by atoms with Gasteiger partial charge in [0.15, 0.2) is 0 Å². The van der Waals surface area contributed by atoms with Crippen LogP contribution in [0, 0.1) is 6.92 Å². The molecular weight excluding hydrogens is 92.1 g/mol. The molecule has 1 radical (unpaired) electrons. The van der Waals surface area contributed by atoms with Gasteiger partial charge in [0, 0.05) is 23.1 Å². The van der Waals surface area contributed by atoms with Crippen LogP contribution in [0.15, 0.2) is 0 Å². The molecule has 0 spiro atoms. The molecule has 0 aliphatic rings. The van der Waals surface area contributed by atoms with Crippen LogP contribution in [0.4, 0.5) is 0 Å². The van der Waals surface area contributed by atoms with Gasteiger partial charge in [-0.15, -0.1) is 0 Å². The van der Waals surface area contributed by atoms with Crippen molar-refractivity contribution in [2.45, 2.75) is 12.1 Å². The highest BCUT2D eigenvalue weighted by Crippen LogP contribution is 1.84. The van der Waals surface area contributed by atoms with Crippen molar-refractivity contribution in [1.29, 1.82) is 0 Å². The van der Waals surface area contributed by atoms with E-state index in [9.17, 15) is 0 Å². The zero-order chi connectivity index (χ0) is 4.99. The predicted molar refractivity (Wildman–Crippen MR) is 30.7 cm³/mol. The molecule has 0 bridgehead atoms. The maximum absolute atomic E-state index is 4.90. The number of methoxy groups -OCH3 is 1. The highest BCUT2D eigenvalue weighted by molar-refractivity contribution is 6.10. The predicted octanol–water partition coefficient (Wildman–Crippen LogP) is -0.452. The Morgan fingerprint density at radius 1 is 2.00 bits per heavy atom. The fourth-order valence-corrected chi connectivity index (χ4v) is 0.118. The minimum absolute atomic E-state index is 0.463. The Morgan fingerprint density at radius 3 is 2.50 bits per heavy atom. The lowest BCUT2D eigenvalue weighted by atomic mass is 10.5. The number of rotatable bonds is 2. The van der Waals surface area contributed by atoms with E-state index < -0.39 is 0 Å². The molecule has 2 heteroatoms. The molecule has 0 rings (SSSR count). The fourth-order valence-electron chi connectivity index (χ4n) is 0.118. The van der Waals surface area contributed by atoms with Gasteiger partial charge in [-0.3, -0.25) is 0 Å². The maximum Gasteiger partial charge on any atom is 0.0392 e. The molecule has 0 N–H and O–H groups in total. The van der Waals surface area contributed by atoms with Crippen molar-refractivity contribution in [2.75, 3.05) is 7.11 Å². The van der Waals surface area contributed by atoms with Crippen LogP contribution in [0.3, 0.4) is 0 Å². The quantitative estimate of drug-likeness (QED) is 0.430. The zero-order valence-corrected chi connectivity index (χ0v) is 6.40. The molecule has 0 amide bonds. The van der Waals surface area contributed by atoms with Crippen LogP contribution in [-0.2, 0) is 4.74 Å². The summed E-state index contributed by atoms with van der Waals surface area (Å²) in [6, 6.07) is 0. The van der Waals surface area contributed by atoms with Crippen molar-refractivity contribution in [1.82, 2.24) is 0 Å². The highest BCUT2D eigenvalue weighted by Gasteiger charge is 1.88. The number of hydrogen-bond acceptors (Lipinski definition) is 1. The van der Waals surface area contributed by atoms with Gasteiger partial charge in [-0.05, 0) is 6.42 Å². The summed E-state index contributed by atoms with van der Waals surface area (Å²) < 4.78 is 4.90. The van der Waals surface area contributed by atoms with Gasteiger partial charge in [-0.1, -0.05) is 6.92 Å². The first-order valence-corrected chi connectivity index (χ1v) is 3.28. The van der Waals surface area contributed by atoms with Crippen LogP contribution in [0.5, 0.6) is 0 Å². The van der Waals surface area contributed by atoms with Crippen LogP contribution < -0.4 is 0 Å². The lowest BCUT2D eigenvalue weighted by Crippen LogP contribution is -2.06. The molecule has 0 aromatic heterocycles. The Kier molecular flexibility index (Phi) is 3.47. The van der Waals surface area contributed by atoms with Gasteiger partial charge >= 0.3 is 0 Å². The zero-order valence-electron chi connectivity index (χ0n) is 4.40. The van der Waals surface area contributed by atoms with Crippen molar-refractivity contribution in [2.24, 2.45) is 0 Å². The van der Waals surface area contributed by atoms with E-state index in [4.69, 9.17) is 4.74 Å². The van der Waals surface area contributed by atoms with E-state index in [0.29, 0.717) is 5.73 Å². The lowest BCUT2D eigenvalue weighted by molar-refractivity contribution is 0.169. The van der Waals surface area contributed by atoms with Crippen LogP contribution in [0.1, 0.15) is 6.42 Å². The van der Waals surface area contributed by atoms with Crippen molar-refractivity contribution in [3.63, 3.8) is 0 Å². The van der Waals surface area contributed by atoms with Crippen molar-refractivity contribution in [3.8, 4) is 0 Å². The van der Waals surface area contributed by atoms with Crippen molar-refractivity contribution in [3.05, 3.63) is 6.92 Å². The molecule has 6 heavy (non-hydrogen) atoms. The van der Waals surface area contributed by atoms with E-state index in [2.05, 4.69) is 6.92 Å². The lowest BCUT2D eigenvalue weighted by Gasteiger charge is -2.01. The topological polar surface area (TPSA) is 9.23 Å². The summed E-state index contributed by atoms with van der Waals surface area (Å²) in [6.07, 6.45) is 0.919. The third-order valence-electron chi connectivity index (χ3n) is 0.809. The first kappa shape index (κ1) is 6.18.